The number of amidine groups is 1. The standard InChI is InChI=1S/C25H26N4O3S2/c1-15-11-16(2)23(17(3)12-15)19-14-33-25(26-19)27-24(30)18-8-9-20-21(13-18)34(31,32)28-22-7-5-4-6-10-29(20)22/h8-9,11-14H,4-7,10H2,1-3H3,(H,26,27,30). The molecular formula is C25H26N4O3S2. The number of nitrogens with zero attached hydrogens (tertiary/aromatic N) is 3. The van der Waals surface area contributed by atoms with Crippen molar-refractivity contribution in [1.82, 2.24) is 4.98 Å². The molecular weight excluding hydrogens is 468 g/mol. The van der Waals surface area contributed by atoms with E-state index in [-0.39, 0.29) is 10.5 Å². The van der Waals surface area contributed by atoms with Gasteiger partial charge in [-0.15, -0.1) is 15.7 Å². The Morgan fingerprint density at radius 2 is 1.82 bits per heavy atom. The molecule has 2 aliphatic rings. The monoisotopic (exact) mass is 494 g/mol. The van der Waals surface area contributed by atoms with Gasteiger partial charge in [0.25, 0.3) is 15.9 Å². The number of hydrogen-bond donors (Lipinski definition) is 1. The van der Waals surface area contributed by atoms with Crippen molar-refractivity contribution < 1.29 is 13.2 Å². The molecule has 0 saturated carbocycles. The van der Waals surface area contributed by atoms with Crippen LogP contribution in [-0.2, 0) is 10.0 Å². The Labute approximate surface area is 203 Å². The average molecular weight is 495 g/mol. The van der Waals surface area contributed by atoms with Gasteiger partial charge in [-0.3, -0.25) is 10.1 Å². The molecule has 9 heteroatoms. The van der Waals surface area contributed by atoms with Gasteiger partial charge in [0, 0.05) is 29.5 Å². The zero-order valence-corrected chi connectivity index (χ0v) is 21.0. The minimum atomic E-state index is -3.85. The molecule has 0 radical (unpaired) electrons. The molecule has 1 aromatic heterocycles. The first kappa shape index (κ1) is 22.7. The summed E-state index contributed by atoms with van der Waals surface area (Å²) in [5, 5.41) is 5.21. The molecule has 2 aromatic carbocycles. The maximum atomic E-state index is 13.0. The first-order valence-electron chi connectivity index (χ1n) is 11.3. The predicted octanol–water partition coefficient (Wildman–Crippen LogP) is 5.47. The number of carbonyl (C=O) groups excluding carboxylic acids is 1. The molecule has 176 valence electrons. The third-order valence-electron chi connectivity index (χ3n) is 6.27. The fourth-order valence-electron chi connectivity index (χ4n) is 4.82. The van der Waals surface area contributed by atoms with Gasteiger partial charge >= 0.3 is 0 Å². The first-order valence-corrected chi connectivity index (χ1v) is 13.7. The third-order valence-corrected chi connectivity index (χ3v) is 8.36. The van der Waals surface area contributed by atoms with Crippen LogP contribution in [0.25, 0.3) is 11.3 Å². The Bertz CT molecular complexity index is 1420. The van der Waals surface area contributed by atoms with Crippen molar-refractivity contribution in [3.8, 4) is 11.3 Å². The first-order chi connectivity index (χ1) is 16.2. The number of nitrogens with one attached hydrogen (secondary N) is 1. The lowest BCUT2D eigenvalue weighted by Gasteiger charge is -2.29. The van der Waals surface area contributed by atoms with Gasteiger partial charge in [0.2, 0.25) is 0 Å². The molecule has 0 bridgehead atoms. The number of carbonyl (C=O) groups is 1. The fourth-order valence-corrected chi connectivity index (χ4v) is 6.80. The van der Waals surface area contributed by atoms with E-state index in [1.807, 2.05) is 10.3 Å². The van der Waals surface area contributed by atoms with Crippen molar-refractivity contribution in [1.29, 1.82) is 0 Å². The van der Waals surface area contributed by atoms with E-state index in [0.29, 0.717) is 23.1 Å². The zero-order chi connectivity index (χ0) is 24.0. The van der Waals surface area contributed by atoms with Gasteiger partial charge in [-0.2, -0.15) is 8.42 Å². The van der Waals surface area contributed by atoms with Crippen molar-refractivity contribution >= 4 is 43.9 Å². The summed E-state index contributed by atoms with van der Waals surface area (Å²) in [6.45, 7) is 6.90. The molecule has 2 aliphatic heterocycles. The molecule has 0 spiro atoms. The highest BCUT2D eigenvalue weighted by Crippen LogP contribution is 2.35. The maximum Gasteiger partial charge on any atom is 0.286 e. The highest BCUT2D eigenvalue weighted by atomic mass is 32.2. The molecule has 1 saturated heterocycles. The molecule has 1 amide bonds. The quantitative estimate of drug-likeness (QED) is 0.521. The second kappa shape index (κ2) is 8.63. The predicted molar refractivity (Wildman–Crippen MR) is 137 cm³/mol. The van der Waals surface area contributed by atoms with E-state index in [4.69, 9.17) is 0 Å². The number of rotatable bonds is 3. The Hall–Kier alpha value is -3.04. The largest absolute Gasteiger partial charge is 0.328 e. The van der Waals surface area contributed by atoms with Gasteiger partial charge < -0.3 is 4.90 Å². The van der Waals surface area contributed by atoms with Crippen LogP contribution < -0.4 is 10.2 Å². The molecule has 0 unspecified atom stereocenters. The van der Waals surface area contributed by atoms with Crippen molar-refractivity contribution in [2.24, 2.45) is 4.40 Å². The number of thiazole rings is 1. The SMILES string of the molecule is Cc1cc(C)c(-c2csc(NC(=O)c3ccc4c(c3)S(=O)(=O)N=C3CCCCCN34)n2)c(C)c1. The zero-order valence-electron chi connectivity index (χ0n) is 19.4. The topological polar surface area (TPSA) is 91.7 Å². The lowest BCUT2D eigenvalue weighted by Crippen LogP contribution is -2.35. The van der Waals surface area contributed by atoms with E-state index < -0.39 is 15.9 Å². The van der Waals surface area contributed by atoms with E-state index in [1.165, 1.54) is 23.0 Å². The van der Waals surface area contributed by atoms with Gasteiger partial charge in [0.05, 0.1) is 11.4 Å². The number of fused-ring (bicyclic) bond motifs is 3. The van der Waals surface area contributed by atoms with Crippen LogP contribution in [-0.4, -0.2) is 31.7 Å². The minimum absolute atomic E-state index is 0.0801. The van der Waals surface area contributed by atoms with Crippen LogP contribution in [0.2, 0.25) is 0 Å². The number of amides is 1. The lowest BCUT2D eigenvalue weighted by molar-refractivity contribution is 0.102. The Morgan fingerprint density at radius 3 is 2.59 bits per heavy atom. The second-order valence-electron chi connectivity index (χ2n) is 8.89. The molecule has 3 aromatic rings. The van der Waals surface area contributed by atoms with Crippen molar-refractivity contribution in [3.05, 3.63) is 58.0 Å². The Balaban J connectivity index is 1.42. The number of hydrogen-bond acceptors (Lipinski definition) is 6. The van der Waals surface area contributed by atoms with Crippen molar-refractivity contribution in [3.63, 3.8) is 0 Å². The summed E-state index contributed by atoms with van der Waals surface area (Å²) in [4.78, 5) is 19.7. The number of sulfonamides is 1. The van der Waals surface area contributed by atoms with Crippen LogP contribution in [0.1, 0.15) is 52.7 Å². The molecule has 34 heavy (non-hydrogen) atoms. The molecule has 1 fully saturated rings. The van der Waals surface area contributed by atoms with Crippen LogP contribution in [0.4, 0.5) is 10.8 Å². The summed E-state index contributed by atoms with van der Waals surface area (Å²) in [6, 6.07) is 9.04. The average Bonchev–Trinajstić information content (AvgIpc) is 3.08. The summed E-state index contributed by atoms with van der Waals surface area (Å²) >= 11 is 1.34. The Kier molecular flexibility index (Phi) is 5.77. The van der Waals surface area contributed by atoms with Crippen LogP contribution in [0.15, 0.2) is 45.0 Å². The minimum Gasteiger partial charge on any atom is -0.328 e. The number of aryl methyl sites for hydroxylation is 3. The van der Waals surface area contributed by atoms with Crippen molar-refractivity contribution in [2.45, 2.75) is 51.3 Å². The summed E-state index contributed by atoms with van der Waals surface area (Å²) in [7, 11) is -3.85. The summed E-state index contributed by atoms with van der Waals surface area (Å²) in [5.41, 5.74) is 6.20. The van der Waals surface area contributed by atoms with Gasteiger partial charge in [0.15, 0.2) is 5.13 Å². The summed E-state index contributed by atoms with van der Waals surface area (Å²) < 4.78 is 29.8. The number of benzene rings is 2. The van der Waals surface area contributed by atoms with Gasteiger partial charge in [0.1, 0.15) is 10.7 Å². The number of aromatic nitrogens is 1. The normalized spacial score (nSPS) is 16.8. The van der Waals surface area contributed by atoms with E-state index in [9.17, 15) is 13.2 Å². The second-order valence-corrected chi connectivity index (χ2v) is 11.3. The molecule has 7 nitrogen and oxygen atoms in total. The van der Waals surface area contributed by atoms with Crippen LogP contribution >= 0.6 is 11.3 Å². The van der Waals surface area contributed by atoms with Gasteiger partial charge in [-0.05, 0) is 62.9 Å². The van der Waals surface area contributed by atoms with Gasteiger partial charge in [-0.1, -0.05) is 24.1 Å². The van der Waals surface area contributed by atoms with Gasteiger partial charge in [-0.25, -0.2) is 4.98 Å². The summed E-state index contributed by atoms with van der Waals surface area (Å²) in [5.74, 6) is 0.195. The summed E-state index contributed by atoms with van der Waals surface area (Å²) in [6.07, 6.45) is 3.60. The van der Waals surface area contributed by atoms with E-state index in [1.54, 1.807) is 12.1 Å². The molecule has 5 rings (SSSR count). The van der Waals surface area contributed by atoms with E-state index >= 15 is 0 Å². The van der Waals surface area contributed by atoms with E-state index in [2.05, 4.69) is 47.6 Å². The smallest absolute Gasteiger partial charge is 0.286 e. The van der Waals surface area contributed by atoms with Crippen LogP contribution in [0.5, 0.6) is 0 Å². The number of anilines is 2. The Morgan fingerprint density at radius 1 is 1.06 bits per heavy atom. The van der Waals surface area contributed by atoms with Crippen LogP contribution in [0.3, 0.4) is 0 Å². The van der Waals surface area contributed by atoms with Crippen LogP contribution in [0, 0.1) is 20.8 Å². The lowest BCUT2D eigenvalue weighted by atomic mass is 9.98. The third kappa shape index (κ3) is 4.14. The molecule has 0 aliphatic carbocycles. The highest BCUT2D eigenvalue weighted by Gasteiger charge is 2.32. The maximum absolute atomic E-state index is 13.0. The molecule has 1 N–H and O–H groups in total. The molecule has 0 atom stereocenters. The van der Waals surface area contributed by atoms with Crippen molar-refractivity contribution in [2.75, 3.05) is 16.8 Å². The van der Waals surface area contributed by atoms with E-state index in [0.717, 1.165) is 48.2 Å². The molecule has 3 heterocycles. The fraction of sp³-hybridized carbons (Fsp3) is 0.320. The highest BCUT2D eigenvalue weighted by molar-refractivity contribution is 7.90.